The van der Waals surface area contributed by atoms with Crippen LogP contribution in [0.25, 0.3) is 0 Å². The third-order valence-corrected chi connectivity index (χ3v) is 4.81. The maximum atomic E-state index is 12.9. The zero-order valence-electron chi connectivity index (χ0n) is 11.8. The molecule has 2 N–H and O–H groups in total. The second-order valence-corrected chi connectivity index (χ2v) is 6.29. The number of aromatic nitrogens is 1. The van der Waals surface area contributed by atoms with Crippen LogP contribution in [-0.4, -0.2) is 23.0 Å². The summed E-state index contributed by atoms with van der Waals surface area (Å²) in [4.78, 5) is 6.37. The average Bonchev–Trinajstić information content (AvgIpc) is 3.10. The fourth-order valence-electron chi connectivity index (χ4n) is 2.88. The number of thiazole rings is 1. The first-order chi connectivity index (χ1) is 10.5. The molecule has 2 heterocycles. The highest BCUT2D eigenvalue weighted by atomic mass is 32.1. The van der Waals surface area contributed by atoms with Crippen molar-refractivity contribution in [3.05, 3.63) is 51.5 Å². The summed E-state index contributed by atoms with van der Waals surface area (Å²) in [5.41, 5.74) is 6.84. The topological polar surface area (TPSA) is 42.1 Å². The fraction of sp³-hybridized carbons (Fsp3) is 0.400. The highest BCUT2D eigenvalue weighted by Crippen LogP contribution is 2.37. The van der Waals surface area contributed by atoms with E-state index in [1.54, 1.807) is 23.6 Å². The Morgan fingerprint density at radius 1 is 1.36 bits per heavy atom. The first kappa shape index (κ1) is 15.5. The van der Waals surface area contributed by atoms with Gasteiger partial charge in [-0.05, 0) is 23.3 Å². The summed E-state index contributed by atoms with van der Waals surface area (Å²) < 4.78 is 38.6. The molecule has 3 nitrogen and oxygen atoms in total. The van der Waals surface area contributed by atoms with Crippen molar-refractivity contribution in [3.63, 3.8) is 0 Å². The molecule has 7 heteroatoms. The lowest BCUT2D eigenvalue weighted by atomic mass is 10.0. The number of benzene rings is 1. The molecule has 1 aliphatic rings. The van der Waals surface area contributed by atoms with Gasteiger partial charge < -0.3 is 5.73 Å². The van der Waals surface area contributed by atoms with Crippen molar-refractivity contribution in [2.45, 2.75) is 25.2 Å². The van der Waals surface area contributed by atoms with Crippen molar-refractivity contribution < 1.29 is 13.2 Å². The van der Waals surface area contributed by atoms with E-state index in [1.807, 2.05) is 5.38 Å². The van der Waals surface area contributed by atoms with E-state index in [2.05, 4.69) is 9.88 Å². The van der Waals surface area contributed by atoms with Crippen LogP contribution in [-0.2, 0) is 19.1 Å². The van der Waals surface area contributed by atoms with Crippen molar-refractivity contribution in [2.75, 3.05) is 13.1 Å². The van der Waals surface area contributed by atoms with E-state index >= 15 is 0 Å². The molecule has 1 aliphatic heterocycles. The summed E-state index contributed by atoms with van der Waals surface area (Å²) in [6.07, 6.45) is -1.77. The molecule has 3 rings (SSSR count). The van der Waals surface area contributed by atoms with Crippen LogP contribution in [0, 0.1) is 0 Å². The number of hydrogen-bond acceptors (Lipinski definition) is 4. The van der Waals surface area contributed by atoms with Crippen molar-refractivity contribution >= 4 is 11.3 Å². The van der Waals surface area contributed by atoms with Gasteiger partial charge in [0.05, 0.1) is 10.6 Å². The summed E-state index contributed by atoms with van der Waals surface area (Å²) in [6, 6.07) is 3.81. The van der Waals surface area contributed by atoms with Crippen LogP contribution < -0.4 is 5.73 Å². The standard InChI is InChI=1S/C15H16F3N3S/c16-15(17,18)11-2-1-10-9-21(13(8-19)12(10)7-11)5-3-14-20-4-6-22-14/h1-2,4,6-7,13H,3,5,8-9,19H2. The molecular formula is C15H16F3N3S. The largest absolute Gasteiger partial charge is 0.416 e. The van der Waals surface area contributed by atoms with Gasteiger partial charge in [0, 0.05) is 43.7 Å². The number of nitrogens with two attached hydrogens (primary N) is 1. The molecule has 0 spiro atoms. The van der Waals surface area contributed by atoms with Gasteiger partial charge in [-0.1, -0.05) is 6.07 Å². The fourth-order valence-corrected chi connectivity index (χ4v) is 3.49. The molecule has 0 radical (unpaired) electrons. The monoisotopic (exact) mass is 327 g/mol. The van der Waals surface area contributed by atoms with E-state index in [0.717, 1.165) is 29.6 Å². The first-order valence-electron chi connectivity index (χ1n) is 7.01. The van der Waals surface area contributed by atoms with Crippen LogP contribution in [0.15, 0.2) is 29.8 Å². The Labute approximate surface area is 130 Å². The lowest BCUT2D eigenvalue weighted by Crippen LogP contribution is -2.29. The van der Waals surface area contributed by atoms with Gasteiger partial charge in [-0.2, -0.15) is 13.2 Å². The second-order valence-electron chi connectivity index (χ2n) is 5.31. The van der Waals surface area contributed by atoms with Gasteiger partial charge in [-0.3, -0.25) is 4.90 Å². The average molecular weight is 327 g/mol. The molecule has 1 aromatic carbocycles. The number of hydrogen-bond donors (Lipinski definition) is 1. The molecular weight excluding hydrogens is 311 g/mol. The Hall–Kier alpha value is -1.44. The van der Waals surface area contributed by atoms with Crippen molar-refractivity contribution in [3.8, 4) is 0 Å². The molecule has 0 saturated carbocycles. The molecule has 1 unspecified atom stereocenters. The van der Waals surface area contributed by atoms with Gasteiger partial charge in [-0.25, -0.2) is 4.98 Å². The smallest absolute Gasteiger partial charge is 0.329 e. The van der Waals surface area contributed by atoms with E-state index in [0.29, 0.717) is 18.7 Å². The molecule has 22 heavy (non-hydrogen) atoms. The normalized spacial score (nSPS) is 18.6. The van der Waals surface area contributed by atoms with Crippen LogP contribution in [0.4, 0.5) is 13.2 Å². The van der Waals surface area contributed by atoms with E-state index in [4.69, 9.17) is 5.73 Å². The molecule has 1 aromatic heterocycles. The summed E-state index contributed by atoms with van der Waals surface area (Å²) in [5, 5.41) is 2.95. The molecule has 0 fully saturated rings. The maximum absolute atomic E-state index is 12.9. The molecule has 2 aromatic rings. The predicted molar refractivity (Wildman–Crippen MR) is 79.5 cm³/mol. The lowest BCUT2D eigenvalue weighted by Gasteiger charge is -2.23. The van der Waals surface area contributed by atoms with Crippen LogP contribution in [0.2, 0.25) is 0 Å². The summed E-state index contributed by atoms with van der Waals surface area (Å²) in [6.45, 7) is 1.69. The molecule has 118 valence electrons. The third kappa shape index (κ3) is 3.02. The van der Waals surface area contributed by atoms with E-state index in [9.17, 15) is 13.2 Å². The lowest BCUT2D eigenvalue weighted by molar-refractivity contribution is -0.137. The van der Waals surface area contributed by atoms with Crippen molar-refractivity contribution in [2.24, 2.45) is 5.73 Å². The van der Waals surface area contributed by atoms with Crippen molar-refractivity contribution in [1.82, 2.24) is 9.88 Å². The zero-order valence-corrected chi connectivity index (χ0v) is 12.6. The number of rotatable bonds is 4. The molecule has 0 amide bonds. The summed E-state index contributed by atoms with van der Waals surface area (Å²) >= 11 is 1.59. The minimum atomic E-state index is -4.32. The first-order valence-corrected chi connectivity index (χ1v) is 7.89. The minimum absolute atomic E-state index is 0.155. The van der Waals surface area contributed by atoms with Crippen LogP contribution in [0.1, 0.15) is 27.7 Å². The molecule has 0 saturated heterocycles. The van der Waals surface area contributed by atoms with Crippen LogP contribution in [0.5, 0.6) is 0 Å². The quantitative estimate of drug-likeness (QED) is 0.937. The number of nitrogens with zero attached hydrogens (tertiary/aromatic N) is 2. The predicted octanol–water partition coefficient (Wildman–Crippen LogP) is 3.22. The van der Waals surface area contributed by atoms with Crippen LogP contribution in [0.3, 0.4) is 0 Å². The SMILES string of the molecule is NCC1c2cc(C(F)(F)F)ccc2CN1CCc1nccs1. The Kier molecular flexibility index (Phi) is 4.20. The summed E-state index contributed by atoms with van der Waals surface area (Å²) in [7, 11) is 0. The van der Waals surface area contributed by atoms with Gasteiger partial charge in [0.1, 0.15) is 0 Å². The number of fused-ring (bicyclic) bond motifs is 1. The van der Waals surface area contributed by atoms with Crippen LogP contribution >= 0.6 is 11.3 Å². The van der Waals surface area contributed by atoms with Gasteiger partial charge >= 0.3 is 6.18 Å². The molecule has 0 aliphatic carbocycles. The third-order valence-electron chi connectivity index (χ3n) is 3.97. The van der Waals surface area contributed by atoms with Gasteiger partial charge in [0.2, 0.25) is 0 Å². The van der Waals surface area contributed by atoms with E-state index in [-0.39, 0.29) is 6.04 Å². The summed E-state index contributed by atoms with van der Waals surface area (Å²) in [5.74, 6) is 0. The molecule has 0 bridgehead atoms. The Morgan fingerprint density at radius 2 is 2.18 bits per heavy atom. The Morgan fingerprint density at radius 3 is 2.82 bits per heavy atom. The maximum Gasteiger partial charge on any atom is 0.416 e. The number of halogens is 3. The Balaban J connectivity index is 1.78. The molecule has 1 atom stereocenters. The van der Waals surface area contributed by atoms with E-state index < -0.39 is 11.7 Å². The highest BCUT2D eigenvalue weighted by Gasteiger charge is 2.35. The Bertz CT molecular complexity index is 640. The highest BCUT2D eigenvalue weighted by molar-refractivity contribution is 7.09. The van der Waals surface area contributed by atoms with E-state index in [1.165, 1.54) is 6.07 Å². The van der Waals surface area contributed by atoms with Gasteiger partial charge in [0.25, 0.3) is 0 Å². The van der Waals surface area contributed by atoms with Crippen molar-refractivity contribution in [1.29, 1.82) is 0 Å². The van der Waals surface area contributed by atoms with Gasteiger partial charge in [-0.15, -0.1) is 11.3 Å². The minimum Gasteiger partial charge on any atom is -0.329 e. The van der Waals surface area contributed by atoms with Gasteiger partial charge in [0.15, 0.2) is 0 Å². The number of alkyl halides is 3. The zero-order chi connectivity index (χ0) is 15.7. The second kappa shape index (κ2) is 5.98.